The molecule has 2 rings (SSSR count). The number of pyridine rings is 1. The molecule has 0 aliphatic rings. The first kappa shape index (κ1) is 25.0. The van der Waals surface area contributed by atoms with Crippen molar-refractivity contribution in [3.63, 3.8) is 0 Å². The molecule has 0 aliphatic heterocycles. The molecule has 0 saturated carbocycles. The van der Waals surface area contributed by atoms with E-state index >= 15 is 0 Å². The lowest BCUT2D eigenvalue weighted by Crippen LogP contribution is -2.45. The smallest absolute Gasteiger partial charge is 0.416 e. The van der Waals surface area contributed by atoms with Crippen LogP contribution in [0.15, 0.2) is 42.7 Å². The van der Waals surface area contributed by atoms with Crippen molar-refractivity contribution < 1.29 is 32.2 Å². The number of halogens is 3. The number of nitrogens with one attached hydrogen (secondary N) is 2. The summed E-state index contributed by atoms with van der Waals surface area (Å²) >= 11 is 0. The fraction of sp³-hybridized carbons (Fsp3) is 0.409. The van der Waals surface area contributed by atoms with E-state index in [1.807, 2.05) is 0 Å². The second-order valence-corrected chi connectivity index (χ2v) is 8.01. The van der Waals surface area contributed by atoms with Crippen molar-refractivity contribution >= 4 is 17.7 Å². The number of alkyl carbamates (subject to hydrolysis) is 1. The molecule has 7 nitrogen and oxygen atoms in total. The maximum atomic E-state index is 12.9. The van der Waals surface area contributed by atoms with Gasteiger partial charge in [-0.05, 0) is 50.1 Å². The van der Waals surface area contributed by atoms with Crippen LogP contribution in [0.5, 0.6) is 0 Å². The van der Waals surface area contributed by atoms with Crippen LogP contribution in [0.4, 0.5) is 23.7 Å². The number of amides is 1. The molecule has 0 bridgehead atoms. The van der Waals surface area contributed by atoms with Crippen molar-refractivity contribution in [1.82, 2.24) is 10.3 Å². The van der Waals surface area contributed by atoms with Crippen LogP contribution in [0, 0.1) is 0 Å². The molecule has 10 heteroatoms. The van der Waals surface area contributed by atoms with Gasteiger partial charge in [-0.3, -0.25) is 4.98 Å². The molecule has 32 heavy (non-hydrogen) atoms. The molecule has 1 aromatic carbocycles. The van der Waals surface area contributed by atoms with Crippen molar-refractivity contribution in [2.45, 2.75) is 51.6 Å². The van der Waals surface area contributed by atoms with E-state index in [1.54, 1.807) is 32.9 Å². The van der Waals surface area contributed by atoms with E-state index in [9.17, 15) is 22.8 Å². The maximum Gasteiger partial charge on any atom is 0.416 e. The molecule has 1 amide bonds. The van der Waals surface area contributed by atoms with Crippen LogP contribution in [0.25, 0.3) is 0 Å². The van der Waals surface area contributed by atoms with E-state index in [4.69, 9.17) is 9.47 Å². The Kier molecular flexibility index (Phi) is 8.07. The van der Waals surface area contributed by atoms with Gasteiger partial charge in [0.1, 0.15) is 11.6 Å². The number of alkyl halides is 3. The topological polar surface area (TPSA) is 89.5 Å². The Morgan fingerprint density at radius 3 is 2.50 bits per heavy atom. The van der Waals surface area contributed by atoms with Crippen LogP contribution >= 0.6 is 0 Å². The van der Waals surface area contributed by atoms with Crippen molar-refractivity contribution in [3.8, 4) is 0 Å². The number of ether oxygens (including phenoxy) is 2. The number of rotatable bonds is 7. The minimum atomic E-state index is -4.43. The molecule has 0 saturated heterocycles. The van der Waals surface area contributed by atoms with E-state index in [0.717, 1.165) is 12.1 Å². The summed E-state index contributed by atoms with van der Waals surface area (Å²) in [6, 6.07) is 5.57. The van der Waals surface area contributed by atoms with Crippen molar-refractivity contribution in [2.24, 2.45) is 0 Å². The predicted octanol–water partition coefficient (Wildman–Crippen LogP) is 4.32. The molecule has 0 spiro atoms. The van der Waals surface area contributed by atoms with Crippen LogP contribution < -0.4 is 10.6 Å². The highest BCUT2D eigenvalue weighted by atomic mass is 19.4. The van der Waals surface area contributed by atoms with Gasteiger partial charge in [0.15, 0.2) is 0 Å². The summed E-state index contributed by atoms with van der Waals surface area (Å²) in [6.45, 7) is 5.18. The zero-order chi connectivity index (χ0) is 23.9. The zero-order valence-electron chi connectivity index (χ0n) is 18.2. The Morgan fingerprint density at radius 2 is 1.88 bits per heavy atom. The molecule has 0 fully saturated rings. The highest BCUT2D eigenvalue weighted by Crippen LogP contribution is 2.29. The lowest BCUT2D eigenvalue weighted by molar-refractivity contribution is -0.143. The van der Waals surface area contributed by atoms with Crippen molar-refractivity contribution in [3.05, 3.63) is 59.4 Å². The normalized spacial score (nSPS) is 12.6. The molecule has 0 aliphatic carbocycles. The van der Waals surface area contributed by atoms with E-state index < -0.39 is 35.4 Å². The molecule has 2 aromatic rings. The van der Waals surface area contributed by atoms with Gasteiger partial charge < -0.3 is 20.1 Å². The van der Waals surface area contributed by atoms with Gasteiger partial charge in [0.2, 0.25) is 0 Å². The molecule has 2 N–H and O–H groups in total. The number of benzene rings is 1. The Hall–Kier alpha value is -3.30. The average molecular weight is 453 g/mol. The molecule has 1 heterocycles. The fourth-order valence-corrected chi connectivity index (χ4v) is 2.82. The third kappa shape index (κ3) is 7.75. The third-order valence-electron chi connectivity index (χ3n) is 4.25. The second kappa shape index (κ2) is 10.3. The summed E-state index contributed by atoms with van der Waals surface area (Å²) < 4.78 is 48.8. The van der Waals surface area contributed by atoms with Gasteiger partial charge in [-0.2, -0.15) is 13.2 Å². The number of anilines is 1. The van der Waals surface area contributed by atoms with Gasteiger partial charge in [0.05, 0.1) is 24.6 Å². The minimum absolute atomic E-state index is 0.0549. The molecule has 1 atom stereocenters. The number of hydrogen-bond acceptors (Lipinski definition) is 6. The number of carbonyl (C=O) groups is 2. The third-order valence-corrected chi connectivity index (χ3v) is 4.25. The Bertz CT molecular complexity index is 943. The quantitative estimate of drug-likeness (QED) is 0.607. The summed E-state index contributed by atoms with van der Waals surface area (Å²) in [7, 11) is 1.20. The first-order chi connectivity index (χ1) is 14.9. The summed E-state index contributed by atoms with van der Waals surface area (Å²) in [5.41, 5.74) is 0.0452. The Balaban J connectivity index is 2.15. The summed E-state index contributed by atoms with van der Waals surface area (Å²) in [4.78, 5) is 28.4. The zero-order valence-corrected chi connectivity index (χ0v) is 18.2. The number of aromatic nitrogens is 1. The van der Waals surface area contributed by atoms with Crippen LogP contribution in [0.3, 0.4) is 0 Å². The SMILES string of the molecule is COC(=O)[C@@H](Cc1ccncc1NCc1cccc(C(F)(F)F)c1)NC(=O)OC(C)(C)C. The fourth-order valence-electron chi connectivity index (χ4n) is 2.82. The molecular weight excluding hydrogens is 427 g/mol. The highest BCUT2D eigenvalue weighted by molar-refractivity contribution is 5.82. The Labute approximate surface area is 184 Å². The monoisotopic (exact) mass is 453 g/mol. The minimum Gasteiger partial charge on any atom is -0.467 e. The van der Waals surface area contributed by atoms with Gasteiger partial charge in [-0.25, -0.2) is 9.59 Å². The Morgan fingerprint density at radius 1 is 1.16 bits per heavy atom. The molecule has 0 unspecified atom stereocenters. The van der Waals surface area contributed by atoms with Gasteiger partial charge in [0.25, 0.3) is 0 Å². The molecule has 0 radical (unpaired) electrons. The number of carbonyl (C=O) groups excluding carboxylic acids is 2. The molecule has 1 aromatic heterocycles. The second-order valence-electron chi connectivity index (χ2n) is 8.01. The largest absolute Gasteiger partial charge is 0.467 e. The van der Waals surface area contributed by atoms with E-state index in [0.29, 0.717) is 16.8 Å². The first-order valence-corrected chi connectivity index (χ1v) is 9.79. The molecular formula is C22H26F3N3O4. The first-order valence-electron chi connectivity index (χ1n) is 9.79. The van der Waals surface area contributed by atoms with Gasteiger partial charge >= 0.3 is 18.2 Å². The van der Waals surface area contributed by atoms with Crippen LogP contribution in [0.2, 0.25) is 0 Å². The van der Waals surface area contributed by atoms with Gasteiger partial charge in [-0.1, -0.05) is 12.1 Å². The number of hydrogen-bond donors (Lipinski definition) is 2. The standard InChI is InChI=1S/C22H26F3N3O4/c1-21(2,3)32-20(30)28-17(19(29)31-4)11-15-8-9-26-13-18(15)27-12-14-6-5-7-16(10-14)22(23,24)25/h5-10,13,17,27H,11-12H2,1-4H3,(H,28,30)/t17-/m1/s1. The van der Waals surface area contributed by atoms with Crippen molar-refractivity contribution in [1.29, 1.82) is 0 Å². The summed E-state index contributed by atoms with van der Waals surface area (Å²) in [5, 5.41) is 5.53. The summed E-state index contributed by atoms with van der Waals surface area (Å²) in [5.74, 6) is -0.670. The van der Waals surface area contributed by atoms with E-state index in [-0.39, 0.29) is 13.0 Å². The van der Waals surface area contributed by atoms with E-state index in [2.05, 4.69) is 15.6 Å². The summed E-state index contributed by atoms with van der Waals surface area (Å²) in [6.07, 6.45) is -2.16. The number of nitrogens with zero attached hydrogens (tertiary/aromatic N) is 1. The number of esters is 1. The van der Waals surface area contributed by atoms with Crippen LogP contribution in [0.1, 0.15) is 37.5 Å². The van der Waals surface area contributed by atoms with Gasteiger partial charge in [-0.15, -0.1) is 0 Å². The maximum absolute atomic E-state index is 12.9. The van der Waals surface area contributed by atoms with Crippen molar-refractivity contribution in [2.75, 3.05) is 12.4 Å². The predicted molar refractivity (Wildman–Crippen MR) is 112 cm³/mol. The number of methoxy groups -OCH3 is 1. The molecule has 174 valence electrons. The average Bonchev–Trinajstić information content (AvgIpc) is 2.70. The van der Waals surface area contributed by atoms with Crippen LogP contribution in [-0.4, -0.2) is 35.8 Å². The van der Waals surface area contributed by atoms with Gasteiger partial charge in [0, 0.05) is 19.2 Å². The van der Waals surface area contributed by atoms with Crippen LogP contribution in [-0.2, 0) is 33.4 Å². The lowest BCUT2D eigenvalue weighted by atomic mass is 10.1. The van der Waals surface area contributed by atoms with E-state index in [1.165, 1.54) is 25.6 Å². The highest BCUT2D eigenvalue weighted by Gasteiger charge is 2.30. The lowest BCUT2D eigenvalue weighted by Gasteiger charge is -2.23.